The highest BCUT2D eigenvalue weighted by atomic mass is 79.9. The van der Waals surface area contributed by atoms with Crippen LogP contribution in [0.5, 0.6) is 0 Å². The minimum atomic E-state index is -0.325. The molecule has 0 spiro atoms. The molecule has 2 nitrogen and oxygen atoms in total. The summed E-state index contributed by atoms with van der Waals surface area (Å²) in [6, 6.07) is 14.6. The second-order valence-electron chi connectivity index (χ2n) is 5.21. The molecule has 0 saturated carbocycles. The van der Waals surface area contributed by atoms with Crippen LogP contribution in [0.4, 0.5) is 10.1 Å². The molecule has 0 saturated heterocycles. The molecule has 4 heteroatoms. The molecule has 1 atom stereocenters. The SMILES string of the molecule is CC(CN)(Cc1cccc(F)c1)Nc1cccc(Br)c1. The molecular formula is C16H18BrFN2. The van der Waals surface area contributed by atoms with Crippen molar-refractivity contribution < 1.29 is 4.39 Å². The van der Waals surface area contributed by atoms with Gasteiger partial charge in [-0.05, 0) is 49.2 Å². The van der Waals surface area contributed by atoms with Crippen LogP contribution in [0.2, 0.25) is 0 Å². The van der Waals surface area contributed by atoms with Gasteiger partial charge in [-0.15, -0.1) is 0 Å². The summed E-state index contributed by atoms with van der Waals surface area (Å²) >= 11 is 3.45. The Balaban J connectivity index is 2.16. The topological polar surface area (TPSA) is 38.0 Å². The number of nitrogens with two attached hydrogens (primary N) is 1. The van der Waals surface area contributed by atoms with E-state index in [0.717, 1.165) is 15.7 Å². The Labute approximate surface area is 127 Å². The molecule has 0 amide bonds. The first kappa shape index (κ1) is 15.0. The van der Waals surface area contributed by atoms with Crippen LogP contribution in [0, 0.1) is 5.82 Å². The van der Waals surface area contributed by atoms with E-state index < -0.39 is 0 Å². The average molecular weight is 337 g/mol. The second kappa shape index (κ2) is 6.37. The first-order valence-corrected chi connectivity index (χ1v) is 7.28. The van der Waals surface area contributed by atoms with E-state index in [-0.39, 0.29) is 11.4 Å². The lowest BCUT2D eigenvalue weighted by Gasteiger charge is -2.31. The van der Waals surface area contributed by atoms with Crippen LogP contribution < -0.4 is 11.1 Å². The predicted molar refractivity (Wildman–Crippen MR) is 85.3 cm³/mol. The maximum Gasteiger partial charge on any atom is 0.123 e. The molecule has 0 aromatic heterocycles. The molecule has 0 heterocycles. The number of anilines is 1. The largest absolute Gasteiger partial charge is 0.378 e. The van der Waals surface area contributed by atoms with Crippen molar-refractivity contribution in [2.75, 3.05) is 11.9 Å². The highest BCUT2D eigenvalue weighted by molar-refractivity contribution is 9.10. The minimum absolute atomic E-state index is 0.218. The summed E-state index contributed by atoms with van der Waals surface area (Å²) in [5, 5.41) is 3.44. The number of rotatable bonds is 5. The fraction of sp³-hybridized carbons (Fsp3) is 0.250. The van der Waals surface area contributed by atoms with Crippen LogP contribution in [-0.4, -0.2) is 12.1 Å². The predicted octanol–water partition coefficient (Wildman–Crippen LogP) is 3.96. The van der Waals surface area contributed by atoms with Gasteiger partial charge < -0.3 is 11.1 Å². The summed E-state index contributed by atoms with van der Waals surface area (Å²) in [4.78, 5) is 0. The Kier molecular flexibility index (Phi) is 4.78. The van der Waals surface area contributed by atoms with Gasteiger partial charge >= 0.3 is 0 Å². The maximum atomic E-state index is 13.3. The minimum Gasteiger partial charge on any atom is -0.378 e. The van der Waals surface area contributed by atoms with E-state index in [4.69, 9.17) is 5.73 Å². The van der Waals surface area contributed by atoms with Crippen LogP contribution in [0.25, 0.3) is 0 Å². The summed E-state index contributed by atoms with van der Waals surface area (Å²) in [6.07, 6.45) is 0.660. The molecule has 2 aromatic rings. The molecule has 2 aromatic carbocycles. The molecule has 3 N–H and O–H groups in total. The van der Waals surface area contributed by atoms with Gasteiger partial charge in [0.2, 0.25) is 0 Å². The van der Waals surface area contributed by atoms with Crippen molar-refractivity contribution in [1.29, 1.82) is 0 Å². The fourth-order valence-corrected chi connectivity index (χ4v) is 2.58. The molecule has 0 fully saturated rings. The van der Waals surface area contributed by atoms with Gasteiger partial charge in [0, 0.05) is 16.7 Å². The first-order valence-electron chi connectivity index (χ1n) is 6.49. The Morgan fingerprint density at radius 1 is 1.20 bits per heavy atom. The van der Waals surface area contributed by atoms with Gasteiger partial charge in [-0.2, -0.15) is 0 Å². The van der Waals surface area contributed by atoms with Gasteiger partial charge in [0.15, 0.2) is 0 Å². The zero-order chi connectivity index (χ0) is 14.6. The standard InChI is InChI=1S/C16H18BrFN2/c1-16(11-19,10-12-4-2-6-14(18)8-12)20-15-7-3-5-13(17)9-15/h2-9,20H,10-11,19H2,1H3. The number of benzene rings is 2. The van der Waals surface area contributed by atoms with Crippen molar-refractivity contribution in [2.45, 2.75) is 18.9 Å². The smallest absolute Gasteiger partial charge is 0.123 e. The van der Waals surface area contributed by atoms with Crippen molar-refractivity contribution >= 4 is 21.6 Å². The lowest BCUT2D eigenvalue weighted by atomic mass is 9.92. The zero-order valence-corrected chi connectivity index (χ0v) is 13.0. The third-order valence-corrected chi connectivity index (χ3v) is 3.70. The number of halogens is 2. The quantitative estimate of drug-likeness (QED) is 0.867. The number of hydrogen-bond donors (Lipinski definition) is 2. The number of nitrogens with one attached hydrogen (secondary N) is 1. The van der Waals surface area contributed by atoms with Crippen LogP contribution in [0.3, 0.4) is 0 Å². The van der Waals surface area contributed by atoms with E-state index in [1.165, 1.54) is 6.07 Å². The summed E-state index contributed by atoms with van der Waals surface area (Å²) in [5.74, 6) is -0.218. The molecule has 0 aliphatic carbocycles. The van der Waals surface area contributed by atoms with Gasteiger partial charge in [-0.25, -0.2) is 4.39 Å². The monoisotopic (exact) mass is 336 g/mol. The maximum absolute atomic E-state index is 13.3. The Morgan fingerprint density at radius 2 is 1.95 bits per heavy atom. The van der Waals surface area contributed by atoms with Crippen LogP contribution in [0.1, 0.15) is 12.5 Å². The van der Waals surface area contributed by atoms with Gasteiger partial charge in [0.05, 0.1) is 5.54 Å². The summed E-state index contributed by atoms with van der Waals surface area (Å²) in [5.41, 5.74) is 7.51. The molecule has 106 valence electrons. The third-order valence-electron chi connectivity index (χ3n) is 3.20. The molecule has 1 unspecified atom stereocenters. The lowest BCUT2D eigenvalue weighted by molar-refractivity contribution is 0.518. The van der Waals surface area contributed by atoms with Gasteiger partial charge in [-0.3, -0.25) is 0 Å². The van der Waals surface area contributed by atoms with Gasteiger partial charge in [0.1, 0.15) is 5.82 Å². The molecule has 0 bridgehead atoms. The third kappa shape index (κ3) is 4.05. The van der Waals surface area contributed by atoms with Crippen LogP contribution in [-0.2, 0) is 6.42 Å². The highest BCUT2D eigenvalue weighted by Crippen LogP contribution is 2.22. The Morgan fingerprint density at radius 3 is 2.60 bits per heavy atom. The van der Waals surface area contributed by atoms with Gasteiger partial charge in [0.25, 0.3) is 0 Å². The molecule has 2 rings (SSSR count). The lowest BCUT2D eigenvalue weighted by Crippen LogP contribution is -2.44. The van der Waals surface area contributed by atoms with E-state index in [1.54, 1.807) is 12.1 Å². The van der Waals surface area contributed by atoms with Crippen molar-refractivity contribution in [3.05, 3.63) is 64.4 Å². The van der Waals surface area contributed by atoms with E-state index in [1.807, 2.05) is 37.3 Å². The summed E-state index contributed by atoms with van der Waals surface area (Å²) in [6.45, 7) is 2.49. The average Bonchev–Trinajstić information content (AvgIpc) is 2.38. The second-order valence-corrected chi connectivity index (χ2v) is 6.12. The van der Waals surface area contributed by atoms with Crippen molar-refractivity contribution in [1.82, 2.24) is 0 Å². The van der Waals surface area contributed by atoms with E-state index >= 15 is 0 Å². The molecule has 0 aliphatic rings. The highest BCUT2D eigenvalue weighted by Gasteiger charge is 2.23. The molecule has 0 aliphatic heterocycles. The van der Waals surface area contributed by atoms with E-state index in [0.29, 0.717) is 13.0 Å². The number of hydrogen-bond acceptors (Lipinski definition) is 2. The van der Waals surface area contributed by atoms with E-state index in [9.17, 15) is 4.39 Å². The molecule has 0 radical (unpaired) electrons. The summed E-state index contributed by atoms with van der Waals surface area (Å²) in [7, 11) is 0. The zero-order valence-electron chi connectivity index (χ0n) is 11.4. The van der Waals surface area contributed by atoms with Crippen LogP contribution in [0.15, 0.2) is 53.0 Å². The Hall–Kier alpha value is -1.39. The first-order chi connectivity index (χ1) is 9.50. The van der Waals surface area contributed by atoms with E-state index in [2.05, 4.69) is 21.2 Å². The Bertz CT molecular complexity index is 539. The van der Waals surface area contributed by atoms with Crippen molar-refractivity contribution in [3.63, 3.8) is 0 Å². The van der Waals surface area contributed by atoms with Gasteiger partial charge in [-0.1, -0.05) is 34.1 Å². The fourth-order valence-electron chi connectivity index (χ4n) is 2.18. The van der Waals surface area contributed by atoms with Crippen LogP contribution >= 0.6 is 15.9 Å². The molecular weight excluding hydrogens is 319 g/mol. The van der Waals surface area contributed by atoms with Crippen molar-refractivity contribution in [3.8, 4) is 0 Å². The normalized spacial score (nSPS) is 13.8. The van der Waals surface area contributed by atoms with Crippen molar-refractivity contribution in [2.24, 2.45) is 5.73 Å². The summed E-state index contributed by atoms with van der Waals surface area (Å²) < 4.78 is 14.3. The molecule has 20 heavy (non-hydrogen) atoms.